The van der Waals surface area contributed by atoms with Crippen molar-refractivity contribution in [3.63, 3.8) is 0 Å². The highest BCUT2D eigenvalue weighted by Crippen LogP contribution is 2.28. The maximum atomic E-state index is 12.4. The first-order chi connectivity index (χ1) is 9.66. The van der Waals surface area contributed by atoms with Gasteiger partial charge in [-0.25, -0.2) is 0 Å². The van der Waals surface area contributed by atoms with Gasteiger partial charge in [0.05, 0.1) is 5.56 Å². The smallest absolute Gasteiger partial charge is 0.288 e. The standard InChI is InChI=1S/C15H13F2NOS/c16-15(17)20-13-9-5-4-8-12(13)14(19)18-10-11-6-2-1-3-7-11/h1-9,15H,10H2,(H,18,19). The van der Waals surface area contributed by atoms with E-state index in [1.165, 1.54) is 6.07 Å². The Morgan fingerprint density at radius 2 is 1.70 bits per heavy atom. The highest BCUT2D eigenvalue weighted by Gasteiger charge is 2.14. The summed E-state index contributed by atoms with van der Waals surface area (Å²) in [4.78, 5) is 12.3. The Morgan fingerprint density at radius 1 is 1.05 bits per heavy atom. The molecular formula is C15H13F2NOS. The fourth-order valence-electron chi connectivity index (χ4n) is 1.73. The van der Waals surface area contributed by atoms with Crippen LogP contribution < -0.4 is 5.32 Å². The summed E-state index contributed by atoms with van der Waals surface area (Å²) in [5.74, 6) is -2.89. The van der Waals surface area contributed by atoms with Crippen molar-refractivity contribution in [2.24, 2.45) is 0 Å². The molecule has 2 rings (SSSR count). The van der Waals surface area contributed by atoms with Crippen LogP contribution in [0.5, 0.6) is 0 Å². The normalized spacial score (nSPS) is 10.6. The van der Waals surface area contributed by atoms with Gasteiger partial charge < -0.3 is 5.32 Å². The molecule has 0 heterocycles. The number of amides is 1. The van der Waals surface area contributed by atoms with Crippen molar-refractivity contribution in [2.45, 2.75) is 17.2 Å². The van der Waals surface area contributed by atoms with Crippen LogP contribution in [0.15, 0.2) is 59.5 Å². The maximum absolute atomic E-state index is 12.4. The number of carbonyl (C=O) groups excluding carboxylic acids is 1. The van der Waals surface area contributed by atoms with Crippen LogP contribution in [0.3, 0.4) is 0 Å². The molecule has 0 saturated heterocycles. The lowest BCUT2D eigenvalue weighted by molar-refractivity contribution is 0.0948. The van der Waals surface area contributed by atoms with Crippen LogP contribution in [-0.4, -0.2) is 11.7 Å². The molecule has 2 aromatic rings. The second kappa shape index (κ2) is 7.05. The molecule has 0 spiro atoms. The van der Waals surface area contributed by atoms with E-state index in [9.17, 15) is 13.6 Å². The Balaban J connectivity index is 2.05. The predicted molar refractivity (Wildman–Crippen MR) is 75.9 cm³/mol. The first-order valence-electron chi connectivity index (χ1n) is 6.03. The zero-order valence-electron chi connectivity index (χ0n) is 10.6. The molecule has 0 aliphatic carbocycles. The van der Waals surface area contributed by atoms with Crippen molar-refractivity contribution in [2.75, 3.05) is 0 Å². The molecule has 0 bridgehead atoms. The van der Waals surface area contributed by atoms with Gasteiger partial charge in [0, 0.05) is 11.4 Å². The van der Waals surface area contributed by atoms with Crippen LogP contribution in [0.1, 0.15) is 15.9 Å². The van der Waals surface area contributed by atoms with Crippen molar-refractivity contribution >= 4 is 17.7 Å². The van der Waals surface area contributed by atoms with Crippen LogP contribution in [0.2, 0.25) is 0 Å². The summed E-state index contributed by atoms with van der Waals surface area (Å²) < 4.78 is 24.9. The zero-order valence-corrected chi connectivity index (χ0v) is 11.4. The van der Waals surface area contributed by atoms with Gasteiger partial charge in [-0.2, -0.15) is 8.78 Å². The van der Waals surface area contributed by atoms with Crippen LogP contribution in [0.25, 0.3) is 0 Å². The van der Waals surface area contributed by atoms with E-state index in [1.54, 1.807) is 18.2 Å². The second-order valence-electron chi connectivity index (χ2n) is 4.04. The van der Waals surface area contributed by atoms with E-state index in [0.29, 0.717) is 18.3 Å². The monoisotopic (exact) mass is 293 g/mol. The van der Waals surface area contributed by atoms with Gasteiger partial charge in [0.25, 0.3) is 11.7 Å². The molecular weight excluding hydrogens is 280 g/mol. The minimum atomic E-state index is -2.54. The molecule has 0 unspecified atom stereocenters. The van der Waals surface area contributed by atoms with Gasteiger partial charge in [-0.1, -0.05) is 54.2 Å². The lowest BCUT2D eigenvalue weighted by Gasteiger charge is -2.09. The number of hydrogen-bond acceptors (Lipinski definition) is 2. The largest absolute Gasteiger partial charge is 0.348 e. The van der Waals surface area contributed by atoms with Crippen molar-refractivity contribution in [1.29, 1.82) is 0 Å². The van der Waals surface area contributed by atoms with E-state index in [2.05, 4.69) is 5.32 Å². The van der Waals surface area contributed by atoms with Gasteiger partial charge in [-0.3, -0.25) is 4.79 Å². The molecule has 0 saturated carbocycles. The number of alkyl halides is 2. The number of carbonyl (C=O) groups is 1. The van der Waals surface area contributed by atoms with Crippen molar-refractivity contribution in [1.82, 2.24) is 5.32 Å². The lowest BCUT2D eigenvalue weighted by Crippen LogP contribution is -2.23. The van der Waals surface area contributed by atoms with Crippen LogP contribution in [0.4, 0.5) is 8.78 Å². The number of thioether (sulfide) groups is 1. The minimum absolute atomic E-state index is 0.272. The Morgan fingerprint density at radius 3 is 2.40 bits per heavy atom. The molecule has 0 aromatic heterocycles. The van der Waals surface area contributed by atoms with Crippen molar-refractivity contribution in [3.8, 4) is 0 Å². The topological polar surface area (TPSA) is 29.1 Å². The highest BCUT2D eigenvalue weighted by molar-refractivity contribution is 7.99. The van der Waals surface area contributed by atoms with Gasteiger partial charge in [-0.05, 0) is 17.7 Å². The fourth-order valence-corrected chi connectivity index (χ4v) is 2.36. The van der Waals surface area contributed by atoms with Gasteiger partial charge in [0.2, 0.25) is 0 Å². The third-order valence-corrected chi connectivity index (χ3v) is 3.43. The average molecular weight is 293 g/mol. The molecule has 104 valence electrons. The third-order valence-electron chi connectivity index (χ3n) is 2.64. The van der Waals surface area contributed by atoms with E-state index in [4.69, 9.17) is 0 Å². The van der Waals surface area contributed by atoms with Crippen molar-refractivity contribution in [3.05, 3.63) is 65.7 Å². The molecule has 0 radical (unpaired) electrons. The minimum Gasteiger partial charge on any atom is -0.348 e. The molecule has 0 aliphatic heterocycles. The Kier molecular flexibility index (Phi) is 5.12. The van der Waals surface area contributed by atoms with E-state index in [0.717, 1.165) is 5.56 Å². The molecule has 0 atom stereocenters. The quantitative estimate of drug-likeness (QED) is 0.846. The first-order valence-corrected chi connectivity index (χ1v) is 6.91. The molecule has 0 fully saturated rings. The Bertz CT molecular complexity index is 575. The second-order valence-corrected chi connectivity index (χ2v) is 5.07. The summed E-state index contributed by atoms with van der Waals surface area (Å²) in [7, 11) is 0. The molecule has 0 aliphatic rings. The highest BCUT2D eigenvalue weighted by atomic mass is 32.2. The van der Waals surface area contributed by atoms with Gasteiger partial charge >= 0.3 is 0 Å². The third kappa shape index (κ3) is 4.06. The Labute approximate surface area is 120 Å². The van der Waals surface area contributed by atoms with E-state index in [1.807, 2.05) is 30.3 Å². The fraction of sp³-hybridized carbons (Fsp3) is 0.133. The maximum Gasteiger partial charge on any atom is 0.288 e. The molecule has 2 aromatic carbocycles. The van der Waals surface area contributed by atoms with E-state index >= 15 is 0 Å². The number of benzene rings is 2. The summed E-state index contributed by atoms with van der Waals surface area (Å²) in [6, 6.07) is 15.8. The van der Waals surface area contributed by atoms with Gasteiger partial charge in [0.1, 0.15) is 0 Å². The van der Waals surface area contributed by atoms with Gasteiger partial charge in [0.15, 0.2) is 0 Å². The lowest BCUT2D eigenvalue weighted by atomic mass is 10.2. The van der Waals surface area contributed by atoms with Crippen molar-refractivity contribution < 1.29 is 13.6 Å². The summed E-state index contributed by atoms with van der Waals surface area (Å²) >= 11 is 0.381. The summed E-state index contributed by atoms with van der Waals surface area (Å²) in [6.45, 7) is 0.368. The number of hydrogen-bond donors (Lipinski definition) is 1. The van der Waals surface area contributed by atoms with Crippen LogP contribution in [0, 0.1) is 0 Å². The molecule has 1 amide bonds. The average Bonchev–Trinajstić information content (AvgIpc) is 2.46. The van der Waals surface area contributed by atoms with Crippen LogP contribution >= 0.6 is 11.8 Å². The van der Waals surface area contributed by atoms with Gasteiger partial charge in [-0.15, -0.1) is 0 Å². The first kappa shape index (κ1) is 14.5. The predicted octanol–water partition coefficient (Wildman–Crippen LogP) is 3.93. The number of nitrogens with one attached hydrogen (secondary N) is 1. The Hall–Kier alpha value is -1.88. The SMILES string of the molecule is O=C(NCc1ccccc1)c1ccccc1SC(F)F. The summed E-state index contributed by atoms with van der Waals surface area (Å²) in [5, 5.41) is 2.73. The molecule has 5 heteroatoms. The summed E-state index contributed by atoms with van der Waals surface area (Å²) in [5.41, 5.74) is 1.23. The molecule has 2 nitrogen and oxygen atoms in total. The molecule has 20 heavy (non-hydrogen) atoms. The van der Waals surface area contributed by atoms with Crippen LogP contribution in [-0.2, 0) is 6.54 Å². The van der Waals surface area contributed by atoms with E-state index in [-0.39, 0.29) is 16.4 Å². The molecule has 1 N–H and O–H groups in total. The number of rotatable bonds is 5. The van der Waals surface area contributed by atoms with E-state index < -0.39 is 5.76 Å². The number of halogens is 2. The zero-order chi connectivity index (χ0) is 14.4. The summed E-state index contributed by atoms with van der Waals surface area (Å²) in [6.07, 6.45) is 0.